The standard InChI is InChI=1S/C20H18N4O/c1-14(16-10-6-8-15-7-2-3-9-17(15)16)21-20(25)13-24-19-12-5-4-11-18(19)22-23-24/h2-12,14H,13H2,1H3,(H,21,25). The van der Waals surface area contributed by atoms with Gasteiger partial charge >= 0.3 is 0 Å². The lowest BCUT2D eigenvalue weighted by Gasteiger charge is -2.16. The second-order valence-corrected chi connectivity index (χ2v) is 6.09. The van der Waals surface area contributed by atoms with Crippen molar-refractivity contribution in [3.05, 3.63) is 72.3 Å². The molecule has 0 fully saturated rings. The number of nitrogens with one attached hydrogen (secondary N) is 1. The van der Waals surface area contributed by atoms with Crippen LogP contribution in [0.25, 0.3) is 21.8 Å². The summed E-state index contributed by atoms with van der Waals surface area (Å²) in [5.74, 6) is -0.0870. The van der Waals surface area contributed by atoms with Crippen molar-refractivity contribution in [3.8, 4) is 0 Å². The molecule has 1 atom stereocenters. The van der Waals surface area contributed by atoms with Gasteiger partial charge in [-0.3, -0.25) is 4.79 Å². The Morgan fingerprint density at radius 3 is 2.72 bits per heavy atom. The molecule has 5 heteroatoms. The van der Waals surface area contributed by atoms with Crippen LogP contribution in [-0.4, -0.2) is 20.9 Å². The first-order chi connectivity index (χ1) is 12.2. The third-order valence-electron chi connectivity index (χ3n) is 4.38. The van der Waals surface area contributed by atoms with Crippen molar-refractivity contribution in [1.82, 2.24) is 20.3 Å². The van der Waals surface area contributed by atoms with Crippen molar-refractivity contribution in [3.63, 3.8) is 0 Å². The number of rotatable bonds is 4. The number of hydrogen-bond donors (Lipinski definition) is 1. The van der Waals surface area contributed by atoms with Crippen LogP contribution in [-0.2, 0) is 11.3 Å². The van der Waals surface area contributed by atoms with Crippen LogP contribution >= 0.6 is 0 Å². The third kappa shape index (κ3) is 2.96. The van der Waals surface area contributed by atoms with Crippen molar-refractivity contribution in [2.24, 2.45) is 0 Å². The molecule has 0 bridgehead atoms. The summed E-state index contributed by atoms with van der Waals surface area (Å²) >= 11 is 0. The van der Waals surface area contributed by atoms with Gasteiger partial charge in [-0.05, 0) is 35.4 Å². The van der Waals surface area contributed by atoms with Gasteiger partial charge in [0.15, 0.2) is 0 Å². The van der Waals surface area contributed by atoms with Gasteiger partial charge in [-0.2, -0.15) is 0 Å². The highest BCUT2D eigenvalue weighted by molar-refractivity contribution is 5.87. The SMILES string of the molecule is CC(NC(=O)Cn1nnc2ccccc21)c1cccc2ccccc12. The van der Waals surface area contributed by atoms with Gasteiger partial charge in [-0.1, -0.05) is 59.8 Å². The fourth-order valence-electron chi connectivity index (χ4n) is 3.16. The topological polar surface area (TPSA) is 59.8 Å². The molecule has 1 unspecified atom stereocenters. The first-order valence-electron chi connectivity index (χ1n) is 8.27. The van der Waals surface area contributed by atoms with Gasteiger partial charge in [-0.25, -0.2) is 4.68 Å². The number of para-hydroxylation sites is 1. The highest BCUT2D eigenvalue weighted by atomic mass is 16.2. The number of amides is 1. The summed E-state index contributed by atoms with van der Waals surface area (Å²) in [6, 6.07) is 21.9. The van der Waals surface area contributed by atoms with E-state index in [-0.39, 0.29) is 18.5 Å². The van der Waals surface area contributed by atoms with Crippen molar-refractivity contribution in [1.29, 1.82) is 0 Å². The summed E-state index contributed by atoms with van der Waals surface area (Å²) in [5, 5.41) is 13.5. The predicted molar refractivity (Wildman–Crippen MR) is 98.0 cm³/mol. The Balaban J connectivity index is 1.54. The molecule has 1 aromatic heterocycles. The Morgan fingerprint density at radius 1 is 1.04 bits per heavy atom. The summed E-state index contributed by atoms with van der Waals surface area (Å²) in [6.45, 7) is 2.15. The quantitative estimate of drug-likeness (QED) is 0.623. The first kappa shape index (κ1) is 15.3. The minimum atomic E-state index is -0.0895. The molecule has 124 valence electrons. The van der Waals surface area contributed by atoms with E-state index in [0.29, 0.717) is 0 Å². The first-order valence-corrected chi connectivity index (χ1v) is 8.27. The lowest BCUT2D eigenvalue weighted by molar-refractivity contribution is -0.122. The monoisotopic (exact) mass is 330 g/mol. The molecular formula is C20H18N4O. The number of nitrogens with zero attached hydrogens (tertiary/aromatic N) is 3. The molecule has 3 aromatic carbocycles. The second-order valence-electron chi connectivity index (χ2n) is 6.09. The van der Waals surface area contributed by atoms with Gasteiger partial charge in [0.05, 0.1) is 11.6 Å². The minimum Gasteiger partial charge on any atom is -0.348 e. The molecule has 0 saturated carbocycles. The van der Waals surface area contributed by atoms with Gasteiger partial charge in [-0.15, -0.1) is 5.10 Å². The maximum absolute atomic E-state index is 12.5. The van der Waals surface area contributed by atoms with Gasteiger partial charge in [0.25, 0.3) is 0 Å². The molecule has 0 aliphatic rings. The van der Waals surface area contributed by atoms with Crippen molar-refractivity contribution >= 4 is 27.7 Å². The number of benzene rings is 3. The Kier molecular flexibility index (Phi) is 3.90. The van der Waals surface area contributed by atoms with Crippen LogP contribution in [0.2, 0.25) is 0 Å². The molecule has 1 N–H and O–H groups in total. The van der Waals surface area contributed by atoms with Crippen LogP contribution in [0.4, 0.5) is 0 Å². The maximum atomic E-state index is 12.5. The normalized spacial score (nSPS) is 12.4. The fraction of sp³-hybridized carbons (Fsp3) is 0.150. The summed E-state index contributed by atoms with van der Waals surface area (Å²) in [5.41, 5.74) is 2.75. The number of aromatic nitrogens is 3. The Bertz CT molecular complexity index is 1050. The molecular weight excluding hydrogens is 312 g/mol. The number of hydrogen-bond acceptors (Lipinski definition) is 3. The van der Waals surface area contributed by atoms with Crippen molar-refractivity contribution in [2.45, 2.75) is 19.5 Å². The van der Waals surface area contributed by atoms with E-state index in [1.165, 1.54) is 5.39 Å². The van der Waals surface area contributed by atoms with E-state index < -0.39 is 0 Å². The van der Waals surface area contributed by atoms with Crippen molar-refractivity contribution < 1.29 is 4.79 Å². The van der Waals surface area contributed by atoms with Gasteiger partial charge in [0, 0.05) is 0 Å². The highest BCUT2D eigenvalue weighted by Crippen LogP contribution is 2.24. The zero-order valence-corrected chi connectivity index (χ0v) is 13.9. The van der Waals surface area contributed by atoms with E-state index >= 15 is 0 Å². The zero-order valence-electron chi connectivity index (χ0n) is 13.9. The van der Waals surface area contributed by atoms with E-state index in [0.717, 1.165) is 22.0 Å². The van der Waals surface area contributed by atoms with Crippen LogP contribution in [0.3, 0.4) is 0 Å². The van der Waals surface area contributed by atoms with Crippen LogP contribution in [0.5, 0.6) is 0 Å². The van der Waals surface area contributed by atoms with Crippen LogP contribution in [0, 0.1) is 0 Å². The predicted octanol–water partition coefficient (Wildman–Crippen LogP) is 3.46. The number of carbonyl (C=O) groups is 1. The molecule has 0 aliphatic heterocycles. The van der Waals surface area contributed by atoms with Gasteiger partial charge in [0.1, 0.15) is 12.1 Å². The van der Waals surface area contributed by atoms with E-state index in [1.54, 1.807) is 4.68 Å². The largest absolute Gasteiger partial charge is 0.348 e. The average Bonchev–Trinajstić information content (AvgIpc) is 3.04. The number of carbonyl (C=O) groups excluding carboxylic acids is 1. The summed E-state index contributed by atoms with van der Waals surface area (Å²) in [4.78, 5) is 12.5. The van der Waals surface area contributed by atoms with Crippen LogP contribution < -0.4 is 5.32 Å². The molecule has 5 nitrogen and oxygen atoms in total. The zero-order chi connectivity index (χ0) is 17.2. The van der Waals surface area contributed by atoms with Crippen LogP contribution in [0.1, 0.15) is 18.5 Å². The molecule has 1 heterocycles. The lowest BCUT2D eigenvalue weighted by Crippen LogP contribution is -2.30. The molecule has 0 spiro atoms. The van der Waals surface area contributed by atoms with Crippen LogP contribution in [0.15, 0.2) is 66.7 Å². The summed E-state index contributed by atoms with van der Waals surface area (Å²) in [6.07, 6.45) is 0. The van der Waals surface area contributed by atoms with E-state index in [4.69, 9.17) is 0 Å². The second kappa shape index (κ2) is 6.36. The minimum absolute atomic E-state index is 0.0870. The number of fused-ring (bicyclic) bond motifs is 2. The smallest absolute Gasteiger partial charge is 0.242 e. The Morgan fingerprint density at radius 2 is 1.80 bits per heavy atom. The molecule has 1 amide bonds. The molecule has 0 aliphatic carbocycles. The lowest BCUT2D eigenvalue weighted by atomic mass is 10.00. The maximum Gasteiger partial charge on any atom is 0.242 e. The summed E-state index contributed by atoms with van der Waals surface area (Å²) in [7, 11) is 0. The fourth-order valence-corrected chi connectivity index (χ4v) is 3.16. The molecule has 0 saturated heterocycles. The molecule has 4 aromatic rings. The molecule has 4 rings (SSSR count). The van der Waals surface area contributed by atoms with E-state index in [9.17, 15) is 4.79 Å². The Labute approximate surface area is 145 Å². The third-order valence-corrected chi connectivity index (χ3v) is 4.38. The molecule has 25 heavy (non-hydrogen) atoms. The average molecular weight is 330 g/mol. The van der Waals surface area contributed by atoms with E-state index in [2.05, 4.69) is 39.9 Å². The van der Waals surface area contributed by atoms with Gasteiger partial charge < -0.3 is 5.32 Å². The Hall–Kier alpha value is -3.21. The van der Waals surface area contributed by atoms with Crippen molar-refractivity contribution in [2.75, 3.05) is 0 Å². The summed E-state index contributed by atoms with van der Waals surface area (Å²) < 4.78 is 1.63. The molecule has 0 radical (unpaired) electrons. The van der Waals surface area contributed by atoms with Gasteiger partial charge in [0.2, 0.25) is 5.91 Å². The van der Waals surface area contributed by atoms with E-state index in [1.807, 2.05) is 49.4 Å². The highest BCUT2D eigenvalue weighted by Gasteiger charge is 2.14.